The molecule has 2 aromatic carbocycles. The first-order valence-corrected chi connectivity index (χ1v) is 5.72. The van der Waals surface area contributed by atoms with Crippen molar-refractivity contribution < 1.29 is 23.9 Å². The molecule has 0 saturated carbocycles. The Morgan fingerprint density at radius 3 is 2.40 bits per heavy atom. The first kappa shape index (κ1) is 13.5. The van der Waals surface area contributed by atoms with E-state index in [1.54, 1.807) is 12.1 Å². The molecule has 0 fully saturated rings. The van der Waals surface area contributed by atoms with Gasteiger partial charge in [-0.05, 0) is 11.5 Å². The molecule has 0 saturated heterocycles. The van der Waals surface area contributed by atoms with Crippen molar-refractivity contribution in [2.45, 2.75) is 0 Å². The van der Waals surface area contributed by atoms with Gasteiger partial charge in [-0.25, -0.2) is 9.59 Å². The van der Waals surface area contributed by atoms with Crippen LogP contribution in [0.25, 0.3) is 10.8 Å². The second kappa shape index (κ2) is 6.29. The number of rotatable bonds is 4. The van der Waals surface area contributed by atoms with E-state index in [0.717, 1.165) is 22.9 Å². The summed E-state index contributed by atoms with van der Waals surface area (Å²) in [6, 6.07) is 12.7. The van der Waals surface area contributed by atoms with Crippen LogP contribution < -0.4 is 4.74 Å². The highest BCUT2D eigenvalue weighted by Gasteiger charge is 2.06. The van der Waals surface area contributed by atoms with Gasteiger partial charge < -0.3 is 9.47 Å². The van der Waals surface area contributed by atoms with E-state index in [4.69, 9.17) is 4.74 Å². The normalized spacial score (nSPS) is 10.4. The number of fused-ring (bicyclic) bond motifs is 1. The Morgan fingerprint density at radius 2 is 1.60 bits per heavy atom. The minimum Gasteiger partial charge on any atom is -0.423 e. The summed E-state index contributed by atoms with van der Waals surface area (Å²) in [5.74, 6) is -1.28. The molecule has 100 valence electrons. The molecular weight excluding hydrogens is 260 g/mol. The average molecular weight is 270 g/mol. The van der Waals surface area contributed by atoms with Gasteiger partial charge in [-0.3, -0.25) is 4.79 Å². The van der Waals surface area contributed by atoms with Gasteiger partial charge in [0.1, 0.15) is 5.75 Å². The molecule has 5 nitrogen and oxygen atoms in total. The highest BCUT2D eigenvalue weighted by Crippen LogP contribution is 2.25. The fourth-order valence-corrected chi connectivity index (χ4v) is 1.65. The third-order valence-corrected chi connectivity index (χ3v) is 2.48. The summed E-state index contributed by atoms with van der Waals surface area (Å²) in [5, 5.41) is 1.72. The molecule has 0 aliphatic carbocycles. The van der Waals surface area contributed by atoms with E-state index in [0.29, 0.717) is 5.75 Å². The predicted octanol–water partition coefficient (Wildman–Crippen LogP) is 2.00. The van der Waals surface area contributed by atoms with Crippen LogP contribution in [0.1, 0.15) is 0 Å². The van der Waals surface area contributed by atoms with Gasteiger partial charge in [0.25, 0.3) is 0 Å². The van der Waals surface area contributed by atoms with Crippen LogP contribution >= 0.6 is 0 Å². The molecule has 0 N–H and O–H groups in total. The van der Waals surface area contributed by atoms with Gasteiger partial charge in [0, 0.05) is 17.5 Å². The number of hydrogen-bond acceptors (Lipinski definition) is 5. The van der Waals surface area contributed by atoms with E-state index in [9.17, 15) is 14.4 Å². The Bertz CT molecular complexity index is 682. The first-order valence-electron chi connectivity index (χ1n) is 5.72. The number of carbonyl (C=O) groups is 3. The van der Waals surface area contributed by atoms with Crippen LogP contribution in [0, 0.1) is 0 Å². The van der Waals surface area contributed by atoms with Gasteiger partial charge in [-0.15, -0.1) is 0 Å². The Labute approximate surface area is 114 Å². The average Bonchev–Trinajstić information content (AvgIpc) is 2.46. The summed E-state index contributed by atoms with van der Waals surface area (Å²) in [4.78, 5) is 32.3. The molecule has 0 aliphatic rings. The summed E-state index contributed by atoms with van der Waals surface area (Å²) in [5.41, 5.74) is 0. The van der Waals surface area contributed by atoms with E-state index < -0.39 is 11.9 Å². The summed E-state index contributed by atoms with van der Waals surface area (Å²) in [6.07, 6.45) is 1.72. The van der Waals surface area contributed by atoms with Crippen LogP contribution in [-0.4, -0.2) is 18.4 Å². The van der Waals surface area contributed by atoms with Crippen LogP contribution in [0.2, 0.25) is 0 Å². The largest absolute Gasteiger partial charge is 0.423 e. The maximum Gasteiger partial charge on any atom is 0.338 e. The molecule has 0 aliphatic heterocycles. The van der Waals surface area contributed by atoms with Crippen LogP contribution in [0.15, 0.2) is 54.6 Å². The zero-order chi connectivity index (χ0) is 14.4. The zero-order valence-electron chi connectivity index (χ0n) is 10.3. The monoisotopic (exact) mass is 270 g/mol. The van der Waals surface area contributed by atoms with E-state index >= 15 is 0 Å². The molecule has 2 aromatic rings. The number of ether oxygens (including phenoxy) is 2. The molecule has 0 atom stereocenters. The Hall–Kier alpha value is -2.95. The first-order chi connectivity index (χ1) is 9.70. The highest BCUT2D eigenvalue weighted by atomic mass is 16.6. The summed E-state index contributed by atoms with van der Waals surface area (Å²) in [6.45, 7) is -0.0112. The molecule has 0 unspecified atom stereocenters. The fraction of sp³-hybridized carbons (Fsp3) is 0. The molecule has 0 heterocycles. The molecule has 5 heteroatoms. The van der Waals surface area contributed by atoms with Gasteiger partial charge >= 0.3 is 18.4 Å². The predicted molar refractivity (Wildman–Crippen MR) is 70.9 cm³/mol. The van der Waals surface area contributed by atoms with E-state index in [2.05, 4.69) is 4.74 Å². The number of benzene rings is 2. The van der Waals surface area contributed by atoms with E-state index in [-0.39, 0.29) is 6.47 Å². The molecule has 0 amide bonds. The molecule has 2 rings (SSSR count). The standard InChI is InChI=1S/C15H10O5/c16-10-19-14(17)8-9-15(18)20-13-7-3-5-11-4-1-2-6-12(11)13/h1-10H/b9-8-. The van der Waals surface area contributed by atoms with Crippen molar-refractivity contribution in [1.82, 2.24) is 0 Å². The number of esters is 2. The molecule has 0 spiro atoms. The lowest BCUT2D eigenvalue weighted by molar-refractivity contribution is -0.147. The van der Waals surface area contributed by atoms with Crippen LogP contribution in [0.4, 0.5) is 0 Å². The molecule has 20 heavy (non-hydrogen) atoms. The summed E-state index contributed by atoms with van der Waals surface area (Å²) >= 11 is 0. The summed E-state index contributed by atoms with van der Waals surface area (Å²) in [7, 11) is 0. The van der Waals surface area contributed by atoms with Crippen molar-refractivity contribution in [3.63, 3.8) is 0 Å². The lowest BCUT2D eigenvalue weighted by Gasteiger charge is -2.05. The second-order valence-electron chi connectivity index (χ2n) is 3.76. The Morgan fingerprint density at radius 1 is 0.900 bits per heavy atom. The van der Waals surface area contributed by atoms with Crippen molar-refractivity contribution in [2.75, 3.05) is 0 Å². The second-order valence-corrected chi connectivity index (χ2v) is 3.76. The van der Waals surface area contributed by atoms with Crippen molar-refractivity contribution in [3.05, 3.63) is 54.6 Å². The molecular formula is C15H10O5. The van der Waals surface area contributed by atoms with Gasteiger partial charge in [0.15, 0.2) is 0 Å². The topological polar surface area (TPSA) is 69.7 Å². The minimum atomic E-state index is -0.935. The Balaban J connectivity index is 2.14. The van der Waals surface area contributed by atoms with E-state index in [1.165, 1.54) is 0 Å². The van der Waals surface area contributed by atoms with Crippen molar-refractivity contribution in [2.24, 2.45) is 0 Å². The number of hydrogen-bond donors (Lipinski definition) is 0. The Kier molecular flexibility index (Phi) is 4.24. The van der Waals surface area contributed by atoms with Crippen LogP contribution in [-0.2, 0) is 19.1 Å². The van der Waals surface area contributed by atoms with Crippen molar-refractivity contribution in [1.29, 1.82) is 0 Å². The van der Waals surface area contributed by atoms with Crippen LogP contribution in [0.3, 0.4) is 0 Å². The smallest absolute Gasteiger partial charge is 0.338 e. The SMILES string of the molecule is O=COC(=O)/C=C\C(=O)Oc1cccc2ccccc12. The fourth-order valence-electron chi connectivity index (χ4n) is 1.65. The van der Waals surface area contributed by atoms with Crippen molar-refractivity contribution >= 4 is 29.2 Å². The maximum atomic E-state index is 11.6. The lowest BCUT2D eigenvalue weighted by atomic mass is 10.1. The van der Waals surface area contributed by atoms with Crippen LogP contribution in [0.5, 0.6) is 5.75 Å². The lowest BCUT2D eigenvalue weighted by Crippen LogP contribution is -2.06. The third kappa shape index (κ3) is 3.29. The summed E-state index contributed by atoms with van der Waals surface area (Å²) < 4.78 is 9.13. The molecule has 0 bridgehead atoms. The van der Waals surface area contributed by atoms with Gasteiger partial charge in [-0.2, -0.15) is 0 Å². The van der Waals surface area contributed by atoms with Gasteiger partial charge in [-0.1, -0.05) is 36.4 Å². The minimum absolute atomic E-state index is 0.0112. The van der Waals surface area contributed by atoms with Gasteiger partial charge in [0.05, 0.1) is 0 Å². The quantitative estimate of drug-likeness (QED) is 0.279. The zero-order valence-corrected chi connectivity index (χ0v) is 10.3. The van der Waals surface area contributed by atoms with Crippen molar-refractivity contribution in [3.8, 4) is 5.75 Å². The highest BCUT2D eigenvalue weighted by molar-refractivity contribution is 5.96. The molecule has 0 aromatic heterocycles. The maximum absolute atomic E-state index is 11.6. The third-order valence-electron chi connectivity index (χ3n) is 2.48. The van der Waals surface area contributed by atoms with E-state index in [1.807, 2.05) is 30.3 Å². The van der Waals surface area contributed by atoms with Gasteiger partial charge in [0.2, 0.25) is 0 Å². The molecule has 0 radical (unpaired) electrons. The number of carbonyl (C=O) groups excluding carboxylic acids is 3.